The van der Waals surface area contributed by atoms with Crippen LogP contribution < -0.4 is 4.90 Å². The average Bonchev–Trinajstić information content (AvgIpc) is 3.39. The summed E-state index contributed by atoms with van der Waals surface area (Å²) in [4.78, 5) is 30.4. The maximum absolute atomic E-state index is 13.0. The van der Waals surface area contributed by atoms with Gasteiger partial charge in [0.05, 0.1) is 12.5 Å². The Morgan fingerprint density at radius 2 is 2.12 bits per heavy atom. The molecular weight excluding hydrogens is 344 g/mol. The van der Waals surface area contributed by atoms with Crippen LogP contribution in [-0.2, 0) is 29.0 Å². The van der Waals surface area contributed by atoms with Gasteiger partial charge in [0.15, 0.2) is 0 Å². The van der Waals surface area contributed by atoms with Gasteiger partial charge >= 0.3 is 0 Å². The number of hydrogen-bond acceptors (Lipinski definition) is 3. The molecule has 1 aromatic heterocycles. The SMILES string of the molecule is CCN(Cc1cccs1)C(=O)[C@H]1CC(=O)N(c2ccc3c(c2)CCC3)C1. The van der Waals surface area contributed by atoms with Crippen molar-refractivity contribution in [2.75, 3.05) is 18.0 Å². The second-order valence-electron chi connectivity index (χ2n) is 7.14. The van der Waals surface area contributed by atoms with Crippen LogP contribution in [0.15, 0.2) is 35.7 Å². The number of benzene rings is 1. The summed E-state index contributed by atoms with van der Waals surface area (Å²) < 4.78 is 0. The minimum Gasteiger partial charge on any atom is -0.338 e. The average molecular weight is 369 g/mol. The van der Waals surface area contributed by atoms with Gasteiger partial charge in [-0.1, -0.05) is 12.1 Å². The number of rotatable bonds is 5. The Morgan fingerprint density at radius 1 is 1.27 bits per heavy atom. The molecule has 1 fully saturated rings. The van der Waals surface area contributed by atoms with Crippen molar-refractivity contribution in [1.82, 2.24) is 4.90 Å². The molecular formula is C21H24N2O2S. The van der Waals surface area contributed by atoms with E-state index in [2.05, 4.69) is 18.2 Å². The highest BCUT2D eigenvalue weighted by Crippen LogP contribution is 2.31. The van der Waals surface area contributed by atoms with E-state index < -0.39 is 0 Å². The number of carbonyl (C=O) groups excluding carboxylic acids is 2. The van der Waals surface area contributed by atoms with E-state index in [1.54, 1.807) is 16.2 Å². The summed E-state index contributed by atoms with van der Waals surface area (Å²) in [5.41, 5.74) is 3.71. The Balaban J connectivity index is 1.47. The molecule has 0 radical (unpaired) electrons. The molecule has 4 nitrogen and oxygen atoms in total. The fraction of sp³-hybridized carbons (Fsp3) is 0.429. The number of anilines is 1. The van der Waals surface area contributed by atoms with E-state index in [9.17, 15) is 9.59 Å². The Morgan fingerprint density at radius 3 is 2.88 bits per heavy atom. The highest BCUT2D eigenvalue weighted by atomic mass is 32.1. The Bertz CT molecular complexity index is 815. The van der Waals surface area contributed by atoms with Gasteiger partial charge in [-0.25, -0.2) is 0 Å². The molecule has 1 aliphatic carbocycles. The van der Waals surface area contributed by atoms with Crippen molar-refractivity contribution < 1.29 is 9.59 Å². The molecule has 0 unspecified atom stereocenters. The molecule has 1 aliphatic heterocycles. The van der Waals surface area contributed by atoms with Crippen LogP contribution >= 0.6 is 11.3 Å². The molecule has 1 aromatic carbocycles. The zero-order valence-electron chi connectivity index (χ0n) is 15.1. The first kappa shape index (κ1) is 17.3. The van der Waals surface area contributed by atoms with Crippen LogP contribution in [0.1, 0.15) is 35.8 Å². The van der Waals surface area contributed by atoms with Crippen molar-refractivity contribution in [2.24, 2.45) is 5.92 Å². The van der Waals surface area contributed by atoms with E-state index in [4.69, 9.17) is 0 Å². The summed E-state index contributed by atoms with van der Waals surface area (Å²) >= 11 is 1.66. The van der Waals surface area contributed by atoms with Gasteiger partial charge in [-0.15, -0.1) is 11.3 Å². The van der Waals surface area contributed by atoms with Crippen molar-refractivity contribution in [2.45, 2.75) is 39.2 Å². The van der Waals surface area contributed by atoms with Crippen LogP contribution in [0.2, 0.25) is 0 Å². The van der Waals surface area contributed by atoms with E-state index in [1.165, 1.54) is 22.4 Å². The molecule has 2 aromatic rings. The maximum atomic E-state index is 13.0. The summed E-state index contributed by atoms with van der Waals surface area (Å²) in [6, 6.07) is 10.4. The predicted octanol–water partition coefficient (Wildman–Crippen LogP) is 3.64. The van der Waals surface area contributed by atoms with Crippen LogP contribution in [0, 0.1) is 5.92 Å². The zero-order valence-corrected chi connectivity index (χ0v) is 15.9. The van der Waals surface area contributed by atoms with Gasteiger partial charge in [0.1, 0.15) is 0 Å². The smallest absolute Gasteiger partial charge is 0.228 e. The lowest BCUT2D eigenvalue weighted by molar-refractivity contribution is -0.136. The van der Waals surface area contributed by atoms with Gasteiger partial charge in [0, 0.05) is 30.1 Å². The molecule has 0 N–H and O–H groups in total. The number of aryl methyl sites for hydroxylation is 2. The maximum Gasteiger partial charge on any atom is 0.228 e. The van der Waals surface area contributed by atoms with Crippen LogP contribution in [0.3, 0.4) is 0 Å². The summed E-state index contributed by atoms with van der Waals surface area (Å²) in [5, 5.41) is 2.03. The fourth-order valence-electron chi connectivity index (χ4n) is 4.04. The predicted molar refractivity (Wildman–Crippen MR) is 104 cm³/mol. The van der Waals surface area contributed by atoms with Gasteiger partial charge in [-0.2, -0.15) is 0 Å². The standard InChI is InChI=1S/C21H24N2O2S/c1-2-22(14-19-7-4-10-26-19)21(25)17-12-20(24)23(13-17)18-9-8-15-5-3-6-16(15)11-18/h4,7-11,17H,2-3,5-6,12-14H2,1H3/t17-/m0/s1. The second-order valence-corrected chi connectivity index (χ2v) is 8.18. The van der Waals surface area contributed by atoms with Crippen LogP contribution in [0.25, 0.3) is 0 Å². The number of thiophene rings is 1. The van der Waals surface area contributed by atoms with Crippen molar-refractivity contribution >= 4 is 28.8 Å². The van der Waals surface area contributed by atoms with Gasteiger partial charge in [-0.05, 0) is 60.9 Å². The molecule has 26 heavy (non-hydrogen) atoms. The van der Waals surface area contributed by atoms with E-state index in [1.807, 2.05) is 29.3 Å². The first-order valence-electron chi connectivity index (χ1n) is 9.39. The van der Waals surface area contributed by atoms with E-state index >= 15 is 0 Å². The highest BCUT2D eigenvalue weighted by molar-refractivity contribution is 7.09. The summed E-state index contributed by atoms with van der Waals surface area (Å²) in [6.07, 6.45) is 3.75. The quantitative estimate of drug-likeness (QED) is 0.808. The lowest BCUT2D eigenvalue weighted by Crippen LogP contribution is -2.36. The van der Waals surface area contributed by atoms with Gasteiger partial charge in [-0.3, -0.25) is 9.59 Å². The monoisotopic (exact) mass is 368 g/mol. The van der Waals surface area contributed by atoms with E-state index in [-0.39, 0.29) is 17.7 Å². The summed E-state index contributed by atoms with van der Waals surface area (Å²) in [6.45, 7) is 3.80. The fourth-order valence-corrected chi connectivity index (χ4v) is 4.76. The summed E-state index contributed by atoms with van der Waals surface area (Å²) in [5.74, 6) is -0.0814. The number of carbonyl (C=O) groups is 2. The molecule has 2 heterocycles. The van der Waals surface area contributed by atoms with Crippen LogP contribution in [0.5, 0.6) is 0 Å². The molecule has 1 saturated heterocycles. The van der Waals surface area contributed by atoms with Gasteiger partial charge in [0.25, 0.3) is 0 Å². The molecule has 136 valence electrons. The first-order chi connectivity index (χ1) is 12.7. The number of amides is 2. The van der Waals surface area contributed by atoms with Gasteiger partial charge < -0.3 is 9.80 Å². The molecule has 5 heteroatoms. The van der Waals surface area contributed by atoms with Crippen molar-refractivity contribution in [3.05, 3.63) is 51.7 Å². The minimum atomic E-state index is -0.240. The molecule has 4 rings (SSSR count). The van der Waals surface area contributed by atoms with Crippen molar-refractivity contribution in [3.8, 4) is 0 Å². The number of nitrogens with zero attached hydrogens (tertiary/aromatic N) is 2. The highest BCUT2D eigenvalue weighted by Gasteiger charge is 2.37. The first-order valence-corrected chi connectivity index (χ1v) is 10.3. The largest absolute Gasteiger partial charge is 0.338 e. The molecule has 0 saturated carbocycles. The third-order valence-corrected chi connectivity index (χ3v) is 6.35. The molecule has 0 spiro atoms. The second kappa shape index (κ2) is 7.23. The lowest BCUT2D eigenvalue weighted by Gasteiger charge is -2.24. The molecule has 2 aliphatic rings. The van der Waals surface area contributed by atoms with Gasteiger partial charge in [0.2, 0.25) is 11.8 Å². The van der Waals surface area contributed by atoms with E-state index in [0.29, 0.717) is 26.1 Å². The Hall–Kier alpha value is -2.14. The lowest BCUT2D eigenvalue weighted by atomic mass is 10.1. The number of hydrogen-bond donors (Lipinski definition) is 0. The normalized spacial score (nSPS) is 19.0. The molecule has 2 amide bonds. The van der Waals surface area contributed by atoms with Crippen LogP contribution in [-0.4, -0.2) is 29.8 Å². The molecule has 1 atom stereocenters. The third kappa shape index (κ3) is 3.28. The third-order valence-electron chi connectivity index (χ3n) is 5.49. The van der Waals surface area contributed by atoms with E-state index in [0.717, 1.165) is 18.5 Å². The molecule has 0 bridgehead atoms. The van der Waals surface area contributed by atoms with Crippen LogP contribution in [0.4, 0.5) is 5.69 Å². The Kier molecular flexibility index (Phi) is 4.81. The zero-order chi connectivity index (χ0) is 18.1. The van der Waals surface area contributed by atoms with Crippen molar-refractivity contribution in [3.63, 3.8) is 0 Å². The number of fused-ring (bicyclic) bond motifs is 1. The topological polar surface area (TPSA) is 40.6 Å². The Labute approximate surface area is 158 Å². The summed E-state index contributed by atoms with van der Waals surface area (Å²) in [7, 11) is 0. The van der Waals surface area contributed by atoms with Crippen molar-refractivity contribution in [1.29, 1.82) is 0 Å². The minimum absolute atomic E-state index is 0.0634.